The van der Waals surface area contributed by atoms with Gasteiger partial charge in [-0.05, 0) is 0 Å². The summed E-state index contributed by atoms with van der Waals surface area (Å²) in [4.78, 5) is 0. The van der Waals surface area contributed by atoms with E-state index in [2.05, 4.69) is 20.8 Å². The summed E-state index contributed by atoms with van der Waals surface area (Å²) in [6.45, 7) is 8.00. The van der Waals surface area contributed by atoms with Crippen molar-refractivity contribution in [1.29, 1.82) is 0 Å². The van der Waals surface area contributed by atoms with Gasteiger partial charge in [-0.25, -0.2) is 0 Å². The molecule has 0 nitrogen and oxygen atoms in total. The van der Waals surface area contributed by atoms with Crippen LogP contribution in [0.2, 0.25) is 0 Å². The smallest absolute Gasteiger partial charge is 0.0676 e. The summed E-state index contributed by atoms with van der Waals surface area (Å²) in [5, 5.41) is 0. The van der Waals surface area contributed by atoms with E-state index in [4.69, 9.17) is 0 Å². The molecular weight excluding hydrogens is 60.1 g/mol. The van der Waals surface area contributed by atoms with E-state index in [1.807, 2.05) is 0 Å². The van der Waals surface area contributed by atoms with E-state index in [0.29, 0.717) is 5.92 Å². The van der Waals surface area contributed by atoms with Crippen molar-refractivity contribution in [3.63, 3.8) is 0 Å². The van der Waals surface area contributed by atoms with Gasteiger partial charge in [0, 0.05) is 0 Å². The molecule has 0 radical (unpaired) electrons. The van der Waals surface area contributed by atoms with Crippen LogP contribution in [-0.4, -0.2) is 0 Å². The van der Waals surface area contributed by atoms with Crippen LogP contribution in [0.25, 0.3) is 0 Å². The Morgan fingerprint density at radius 2 is 2.00 bits per heavy atom. The molecule has 0 N–H and O–H groups in total. The third-order valence-corrected chi connectivity index (χ3v) is 0.697. The highest BCUT2D eigenvalue weighted by Gasteiger charge is 1.70. The topological polar surface area (TPSA) is 0 Å². The van der Waals surface area contributed by atoms with Gasteiger partial charge in [0.25, 0.3) is 0 Å². The maximum atomic E-state index is 3.76. The molecule has 0 fully saturated rings. The van der Waals surface area contributed by atoms with Crippen molar-refractivity contribution in [2.45, 2.75) is 20.3 Å². The van der Waals surface area contributed by atoms with Gasteiger partial charge in [0.05, 0.1) is 0 Å². The molecule has 0 heterocycles. The summed E-state index contributed by atoms with van der Waals surface area (Å²) in [6, 6.07) is 0. The van der Waals surface area contributed by atoms with Crippen molar-refractivity contribution in [3.05, 3.63) is 6.92 Å². The molecule has 0 heteroatoms. The third-order valence-electron chi connectivity index (χ3n) is 0.697. The minimum Gasteiger partial charge on any atom is -0.341 e. The van der Waals surface area contributed by atoms with Crippen molar-refractivity contribution in [1.82, 2.24) is 0 Å². The van der Waals surface area contributed by atoms with E-state index in [9.17, 15) is 0 Å². The summed E-state index contributed by atoms with van der Waals surface area (Å²) in [5.41, 5.74) is 0. The van der Waals surface area contributed by atoms with Crippen molar-refractivity contribution < 1.29 is 0 Å². The fraction of sp³-hybridized carbons (Fsp3) is 0.800. The molecule has 0 aromatic rings. The Morgan fingerprint density at radius 3 is 2.00 bits per heavy atom. The molecule has 1 atom stereocenters. The molecule has 1 unspecified atom stereocenters. The Bertz CT molecular complexity index is 14.0. The Labute approximate surface area is 34.2 Å². The molecule has 0 amide bonds. The third kappa shape index (κ3) is 4.00. The lowest BCUT2D eigenvalue weighted by molar-refractivity contribution is 0.694. The molecule has 0 aliphatic rings. The maximum Gasteiger partial charge on any atom is -0.0676 e. The van der Waals surface area contributed by atoms with Crippen LogP contribution in [0.3, 0.4) is 0 Å². The first-order chi connectivity index (χ1) is 2.27. The van der Waals surface area contributed by atoms with E-state index < -0.39 is 0 Å². The fourth-order valence-corrected chi connectivity index (χ4v) is 0. The second-order valence-corrected chi connectivity index (χ2v) is 1.51. The van der Waals surface area contributed by atoms with Crippen molar-refractivity contribution >= 4 is 0 Å². The average molecular weight is 71.1 g/mol. The minimum absolute atomic E-state index is 0.634. The Balaban J connectivity index is 2.54. The van der Waals surface area contributed by atoms with E-state index >= 15 is 0 Å². The zero-order chi connectivity index (χ0) is 4.28. The molecule has 5 heavy (non-hydrogen) atoms. The van der Waals surface area contributed by atoms with Gasteiger partial charge in [-0.3, -0.25) is 0 Å². The second-order valence-electron chi connectivity index (χ2n) is 1.51. The van der Waals surface area contributed by atoms with Crippen LogP contribution in [0.4, 0.5) is 0 Å². The molecule has 0 spiro atoms. The Morgan fingerprint density at radius 1 is 1.80 bits per heavy atom. The van der Waals surface area contributed by atoms with Gasteiger partial charge in [-0.15, -0.1) is 0 Å². The highest BCUT2D eigenvalue weighted by atomic mass is 13.9. The van der Waals surface area contributed by atoms with Gasteiger partial charge in [0.1, 0.15) is 0 Å². The lowest BCUT2D eigenvalue weighted by Crippen LogP contribution is -1.77. The van der Waals surface area contributed by atoms with Gasteiger partial charge in [0.15, 0.2) is 0 Å². The molecule has 0 saturated carbocycles. The lowest BCUT2D eigenvalue weighted by atomic mass is 10.2. The van der Waals surface area contributed by atoms with Crippen LogP contribution in [-0.2, 0) is 0 Å². The lowest BCUT2D eigenvalue weighted by Gasteiger charge is -2.00. The summed E-state index contributed by atoms with van der Waals surface area (Å²) in [5.74, 6) is 0.634. The molecule has 32 valence electrons. The number of hydrogen-bond acceptors (Lipinski definition) is 0. The predicted molar refractivity (Wildman–Crippen MR) is 24.8 cm³/mol. The monoisotopic (exact) mass is 71.1 g/mol. The molecule has 0 aromatic carbocycles. The molecule has 0 bridgehead atoms. The van der Waals surface area contributed by atoms with Crippen LogP contribution >= 0.6 is 0 Å². The highest BCUT2D eigenvalue weighted by molar-refractivity contribution is 4.46. The quantitative estimate of drug-likeness (QED) is 0.414. The number of hydrogen-bond donors (Lipinski definition) is 0. The average Bonchev–Trinajstić information content (AvgIpc) is 1.38. The Kier molecular flexibility index (Phi) is 2.25. The first-order valence-electron chi connectivity index (χ1n) is 2.10. The minimum atomic E-state index is 0.634. The molecule has 0 aliphatic heterocycles. The zero-order valence-corrected chi connectivity index (χ0v) is 3.99. The van der Waals surface area contributed by atoms with E-state index in [0.717, 1.165) is 0 Å². The largest absolute Gasteiger partial charge is 0.341 e. The molecular formula is C5H11-. The first kappa shape index (κ1) is 5.00. The van der Waals surface area contributed by atoms with Crippen LogP contribution < -0.4 is 0 Å². The molecule has 0 rings (SSSR count). The summed E-state index contributed by atoms with van der Waals surface area (Å²) in [7, 11) is 0. The summed E-state index contributed by atoms with van der Waals surface area (Å²) >= 11 is 0. The fourth-order valence-electron chi connectivity index (χ4n) is 0. The van der Waals surface area contributed by atoms with Crippen LogP contribution in [0.15, 0.2) is 0 Å². The van der Waals surface area contributed by atoms with Crippen molar-refractivity contribution in [2.24, 2.45) is 5.92 Å². The predicted octanol–water partition coefficient (Wildman–Crippen LogP) is 1.87. The van der Waals surface area contributed by atoms with Crippen molar-refractivity contribution in [2.75, 3.05) is 0 Å². The Hall–Kier alpha value is 0. The SMILES string of the molecule is [CH2-]C(C)CC. The second kappa shape index (κ2) is 2.25. The normalized spacial score (nSPS) is 15.0. The highest BCUT2D eigenvalue weighted by Crippen LogP contribution is 1.93. The van der Waals surface area contributed by atoms with E-state index in [1.165, 1.54) is 6.42 Å². The van der Waals surface area contributed by atoms with Gasteiger partial charge < -0.3 is 6.92 Å². The van der Waals surface area contributed by atoms with Gasteiger partial charge in [-0.2, -0.15) is 5.92 Å². The van der Waals surface area contributed by atoms with Crippen LogP contribution in [0, 0.1) is 12.8 Å². The molecule has 0 saturated heterocycles. The zero-order valence-electron chi connectivity index (χ0n) is 3.99. The van der Waals surface area contributed by atoms with Gasteiger partial charge >= 0.3 is 0 Å². The number of rotatable bonds is 1. The van der Waals surface area contributed by atoms with Gasteiger partial charge in [0.2, 0.25) is 0 Å². The van der Waals surface area contributed by atoms with E-state index in [-0.39, 0.29) is 0 Å². The standard InChI is InChI=1S/C5H11/c1-4-5(2)3/h5H,2,4H2,1,3H3/q-1. The van der Waals surface area contributed by atoms with Gasteiger partial charge in [-0.1, -0.05) is 20.3 Å². The summed E-state index contributed by atoms with van der Waals surface area (Å²) < 4.78 is 0. The molecule has 0 aliphatic carbocycles. The first-order valence-corrected chi connectivity index (χ1v) is 2.10. The van der Waals surface area contributed by atoms with Crippen LogP contribution in [0.1, 0.15) is 20.3 Å². The van der Waals surface area contributed by atoms with E-state index in [1.54, 1.807) is 0 Å². The maximum absolute atomic E-state index is 3.76. The molecule has 0 aromatic heterocycles. The van der Waals surface area contributed by atoms with Crippen LogP contribution in [0.5, 0.6) is 0 Å². The van der Waals surface area contributed by atoms with Crippen molar-refractivity contribution in [3.8, 4) is 0 Å². The summed E-state index contributed by atoms with van der Waals surface area (Å²) in [6.07, 6.45) is 1.19.